The first-order valence-electron chi connectivity index (χ1n) is 5.79. The number of allylic oxidation sites excluding steroid dienone is 1. The highest BCUT2D eigenvalue weighted by atomic mass is 35.5. The van der Waals surface area contributed by atoms with Crippen LogP contribution in [-0.4, -0.2) is 22.0 Å². The number of carboxylic acid groups (broad SMARTS) is 1. The van der Waals surface area contributed by atoms with E-state index in [1.54, 1.807) is 29.3 Å². The van der Waals surface area contributed by atoms with Gasteiger partial charge in [-0.25, -0.2) is 9.80 Å². The number of rotatable bonds is 3. The molecule has 1 aromatic carbocycles. The van der Waals surface area contributed by atoms with Crippen molar-refractivity contribution in [1.82, 2.24) is 0 Å². The van der Waals surface area contributed by atoms with Crippen molar-refractivity contribution in [2.24, 2.45) is 5.10 Å². The molecule has 0 bridgehead atoms. The van der Waals surface area contributed by atoms with Crippen LogP contribution in [0, 0.1) is 0 Å². The number of hydrogen-bond acceptors (Lipinski definition) is 4. The van der Waals surface area contributed by atoms with Crippen LogP contribution in [0.5, 0.6) is 0 Å². The second kappa shape index (κ2) is 5.67. The van der Waals surface area contributed by atoms with Crippen LogP contribution in [0.15, 0.2) is 41.1 Å². The van der Waals surface area contributed by atoms with Crippen molar-refractivity contribution in [3.63, 3.8) is 0 Å². The number of carbonyl (C=O) groups is 1. The maximum atomic E-state index is 11.1. The Labute approximate surface area is 121 Å². The molecule has 4 nitrogen and oxygen atoms in total. The quantitative estimate of drug-likeness (QED) is 0.842. The first-order chi connectivity index (χ1) is 9.02. The summed E-state index contributed by atoms with van der Waals surface area (Å²) in [4.78, 5) is 11.1. The normalized spacial score (nSPS) is 18.9. The van der Waals surface area contributed by atoms with E-state index in [9.17, 15) is 4.79 Å². The molecule has 1 N–H and O–H groups in total. The molecule has 0 saturated carbocycles. The Morgan fingerprint density at radius 1 is 1.58 bits per heavy atom. The zero-order chi connectivity index (χ0) is 14.0. The number of carboxylic acids is 1. The smallest absolute Gasteiger partial charge is 0.353 e. The number of hydrogen-bond donors (Lipinski definition) is 2. The standard InChI is InChI=1S/C13H13ClN2O2S/c1-2-9-7-11(19)12(13(17)18)15-16(9)10-5-3-4-8(14)6-10/h3-7,11,19H,2H2,1H3,(H,17,18). The summed E-state index contributed by atoms with van der Waals surface area (Å²) < 4.78 is 0. The third-order valence-corrected chi connectivity index (χ3v) is 3.37. The van der Waals surface area contributed by atoms with Gasteiger partial charge in [0, 0.05) is 10.7 Å². The van der Waals surface area contributed by atoms with Crippen molar-refractivity contribution in [1.29, 1.82) is 0 Å². The summed E-state index contributed by atoms with van der Waals surface area (Å²) in [7, 11) is 0. The highest BCUT2D eigenvalue weighted by molar-refractivity contribution is 7.82. The van der Waals surface area contributed by atoms with Crippen molar-refractivity contribution >= 4 is 41.6 Å². The molecule has 100 valence electrons. The van der Waals surface area contributed by atoms with Gasteiger partial charge < -0.3 is 5.11 Å². The van der Waals surface area contributed by atoms with Crippen molar-refractivity contribution in [3.05, 3.63) is 41.1 Å². The highest BCUT2D eigenvalue weighted by Crippen LogP contribution is 2.28. The molecule has 0 fully saturated rings. The van der Waals surface area contributed by atoms with E-state index in [0.29, 0.717) is 5.02 Å². The van der Waals surface area contributed by atoms with Gasteiger partial charge in [-0.2, -0.15) is 17.7 Å². The number of hydrazone groups is 1. The first-order valence-corrected chi connectivity index (χ1v) is 6.68. The minimum Gasteiger partial charge on any atom is -0.477 e. The number of halogens is 1. The van der Waals surface area contributed by atoms with Crippen LogP contribution in [0.2, 0.25) is 5.02 Å². The summed E-state index contributed by atoms with van der Waals surface area (Å²) in [5, 5.41) is 15.0. The van der Waals surface area contributed by atoms with Crippen LogP contribution in [0.25, 0.3) is 0 Å². The van der Waals surface area contributed by atoms with Crippen molar-refractivity contribution in [3.8, 4) is 0 Å². The Kier molecular flexibility index (Phi) is 4.17. The first kappa shape index (κ1) is 14.0. The molecule has 0 spiro atoms. The Balaban J connectivity index is 2.46. The third-order valence-electron chi connectivity index (χ3n) is 2.74. The summed E-state index contributed by atoms with van der Waals surface area (Å²) >= 11 is 10.2. The minimum atomic E-state index is -1.07. The monoisotopic (exact) mass is 296 g/mol. The van der Waals surface area contributed by atoms with Crippen molar-refractivity contribution in [2.75, 3.05) is 5.01 Å². The summed E-state index contributed by atoms with van der Waals surface area (Å²) in [6.07, 6.45) is 2.51. The molecule has 6 heteroatoms. The predicted octanol–water partition coefficient (Wildman–Crippen LogP) is 3.19. The lowest BCUT2D eigenvalue weighted by molar-refractivity contribution is -0.129. The largest absolute Gasteiger partial charge is 0.477 e. The molecule has 0 amide bonds. The van der Waals surface area contributed by atoms with Crippen LogP contribution >= 0.6 is 24.2 Å². The van der Waals surface area contributed by atoms with E-state index in [0.717, 1.165) is 17.8 Å². The molecule has 1 aromatic rings. The topological polar surface area (TPSA) is 52.9 Å². The van der Waals surface area contributed by atoms with Crippen molar-refractivity contribution < 1.29 is 9.90 Å². The molecule has 1 heterocycles. The number of nitrogens with zero attached hydrogens (tertiary/aromatic N) is 2. The van der Waals surface area contributed by atoms with E-state index in [1.165, 1.54) is 0 Å². The van der Waals surface area contributed by atoms with Gasteiger partial charge in [0.2, 0.25) is 0 Å². The Hall–Kier alpha value is -1.46. The fourth-order valence-electron chi connectivity index (χ4n) is 1.83. The van der Waals surface area contributed by atoms with Crippen LogP contribution in [0.4, 0.5) is 5.69 Å². The van der Waals surface area contributed by atoms with Gasteiger partial charge in [-0.1, -0.05) is 24.6 Å². The number of benzene rings is 1. The molecule has 0 aliphatic carbocycles. The van der Waals surface area contributed by atoms with Gasteiger partial charge in [0.25, 0.3) is 0 Å². The molecule has 0 radical (unpaired) electrons. The Bertz CT molecular complexity index is 572. The van der Waals surface area contributed by atoms with Crippen molar-refractivity contribution in [2.45, 2.75) is 18.6 Å². The van der Waals surface area contributed by atoms with Gasteiger partial charge in [-0.15, -0.1) is 0 Å². The number of anilines is 1. The fraction of sp³-hybridized carbons (Fsp3) is 0.231. The van der Waals surface area contributed by atoms with Crippen LogP contribution < -0.4 is 5.01 Å². The molecule has 0 saturated heterocycles. The fourth-order valence-corrected chi connectivity index (χ4v) is 2.35. The van der Waals surface area contributed by atoms with E-state index in [1.807, 2.05) is 13.0 Å². The summed E-state index contributed by atoms with van der Waals surface area (Å²) in [5.41, 5.74) is 1.63. The van der Waals surface area contributed by atoms with Crippen LogP contribution in [0.3, 0.4) is 0 Å². The maximum Gasteiger partial charge on any atom is 0.353 e. The van der Waals surface area contributed by atoms with Crippen LogP contribution in [-0.2, 0) is 4.79 Å². The zero-order valence-electron chi connectivity index (χ0n) is 10.2. The summed E-state index contributed by atoms with van der Waals surface area (Å²) in [5.74, 6) is -1.07. The highest BCUT2D eigenvalue weighted by Gasteiger charge is 2.26. The van der Waals surface area contributed by atoms with E-state index in [-0.39, 0.29) is 5.71 Å². The molecule has 1 aliphatic rings. The second-order valence-electron chi connectivity index (χ2n) is 4.04. The molecule has 1 unspecified atom stereocenters. The van der Waals surface area contributed by atoms with E-state index in [4.69, 9.17) is 16.7 Å². The van der Waals surface area contributed by atoms with Crippen LogP contribution in [0.1, 0.15) is 13.3 Å². The van der Waals surface area contributed by atoms with Gasteiger partial charge in [0.05, 0.1) is 10.9 Å². The number of thiol groups is 1. The van der Waals surface area contributed by atoms with Gasteiger partial charge >= 0.3 is 5.97 Å². The molecular weight excluding hydrogens is 284 g/mol. The average molecular weight is 297 g/mol. The van der Waals surface area contributed by atoms with Gasteiger partial charge in [0.15, 0.2) is 5.71 Å². The molecule has 19 heavy (non-hydrogen) atoms. The van der Waals surface area contributed by atoms with Gasteiger partial charge in [-0.05, 0) is 30.7 Å². The molecule has 2 rings (SSSR count). The lowest BCUT2D eigenvalue weighted by Gasteiger charge is -2.27. The third kappa shape index (κ3) is 2.93. The zero-order valence-corrected chi connectivity index (χ0v) is 11.9. The van der Waals surface area contributed by atoms with E-state index < -0.39 is 11.2 Å². The Morgan fingerprint density at radius 2 is 2.32 bits per heavy atom. The molecular formula is C13H13ClN2O2S. The number of aliphatic carboxylic acids is 1. The molecule has 0 aromatic heterocycles. The predicted molar refractivity (Wildman–Crippen MR) is 80.1 cm³/mol. The molecule has 1 atom stereocenters. The lowest BCUT2D eigenvalue weighted by atomic mass is 10.1. The maximum absolute atomic E-state index is 11.1. The summed E-state index contributed by atoms with van der Waals surface area (Å²) in [6, 6.07) is 7.13. The lowest BCUT2D eigenvalue weighted by Crippen LogP contribution is -2.33. The van der Waals surface area contributed by atoms with E-state index >= 15 is 0 Å². The Morgan fingerprint density at radius 3 is 2.89 bits per heavy atom. The molecule has 1 aliphatic heterocycles. The average Bonchev–Trinajstić information content (AvgIpc) is 2.37. The minimum absolute atomic E-state index is 0.000471. The second-order valence-corrected chi connectivity index (χ2v) is 5.03. The van der Waals surface area contributed by atoms with Gasteiger partial charge in [-0.3, -0.25) is 0 Å². The SMILES string of the molecule is CCC1=CC(S)C(C(=O)O)=NN1c1cccc(Cl)c1. The van der Waals surface area contributed by atoms with Gasteiger partial charge in [0.1, 0.15) is 0 Å². The van der Waals surface area contributed by atoms with E-state index in [2.05, 4.69) is 17.7 Å². The summed E-state index contributed by atoms with van der Waals surface area (Å²) in [6.45, 7) is 1.98.